The van der Waals surface area contributed by atoms with Gasteiger partial charge in [-0.2, -0.15) is 4.98 Å². The van der Waals surface area contributed by atoms with Crippen LogP contribution in [0.15, 0.2) is 18.5 Å². The first-order chi connectivity index (χ1) is 10.3. The lowest BCUT2D eigenvalue weighted by molar-refractivity contribution is 0.414. The minimum absolute atomic E-state index is 0.524. The van der Waals surface area contributed by atoms with Gasteiger partial charge in [0.15, 0.2) is 5.82 Å². The second-order valence-electron chi connectivity index (χ2n) is 5.25. The summed E-state index contributed by atoms with van der Waals surface area (Å²) in [6.07, 6.45) is 5.70. The third-order valence-corrected chi connectivity index (χ3v) is 3.87. The molecule has 0 amide bonds. The lowest BCUT2D eigenvalue weighted by atomic mass is 9.99. The molecule has 1 atom stereocenters. The van der Waals surface area contributed by atoms with Crippen LogP contribution in [0.3, 0.4) is 0 Å². The van der Waals surface area contributed by atoms with Gasteiger partial charge in [0.2, 0.25) is 5.95 Å². The van der Waals surface area contributed by atoms with Crippen molar-refractivity contribution in [3.63, 3.8) is 0 Å². The Kier molecular flexibility index (Phi) is 4.01. The summed E-state index contributed by atoms with van der Waals surface area (Å²) in [5, 5.41) is 7.32. The Morgan fingerprint density at radius 2 is 2.43 bits per heavy atom. The van der Waals surface area contributed by atoms with Crippen molar-refractivity contribution in [3.8, 4) is 17.1 Å². The molecule has 1 fully saturated rings. The van der Waals surface area contributed by atoms with Crippen LogP contribution in [-0.2, 0) is 0 Å². The minimum atomic E-state index is 0.524. The molecule has 2 aromatic heterocycles. The van der Waals surface area contributed by atoms with Gasteiger partial charge in [-0.25, -0.2) is 0 Å². The topological polar surface area (TPSA) is 93.0 Å². The van der Waals surface area contributed by atoms with Crippen molar-refractivity contribution in [2.75, 3.05) is 31.6 Å². The van der Waals surface area contributed by atoms with Crippen molar-refractivity contribution in [1.29, 1.82) is 0 Å². The third kappa shape index (κ3) is 2.82. The first-order valence-corrected chi connectivity index (χ1v) is 7.17. The number of hydrogen-bond acceptors (Lipinski definition) is 6. The predicted octanol–water partition coefficient (Wildman–Crippen LogP) is 1.05. The Bertz CT molecular complexity index is 599. The highest BCUT2D eigenvalue weighted by atomic mass is 16.5. The van der Waals surface area contributed by atoms with Gasteiger partial charge in [0, 0.05) is 19.3 Å². The average molecular weight is 288 g/mol. The molecule has 7 nitrogen and oxygen atoms in total. The van der Waals surface area contributed by atoms with Crippen LogP contribution in [0.25, 0.3) is 11.4 Å². The van der Waals surface area contributed by atoms with Gasteiger partial charge in [-0.1, -0.05) is 0 Å². The van der Waals surface area contributed by atoms with E-state index in [2.05, 4.69) is 25.1 Å². The molecule has 0 bridgehead atoms. The second-order valence-corrected chi connectivity index (χ2v) is 5.25. The number of nitrogens with zero attached hydrogens (tertiary/aromatic N) is 4. The average Bonchev–Trinajstić information content (AvgIpc) is 3.04. The van der Waals surface area contributed by atoms with Crippen molar-refractivity contribution in [2.45, 2.75) is 12.8 Å². The molecule has 3 N–H and O–H groups in total. The molecule has 0 aromatic carbocycles. The summed E-state index contributed by atoms with van der Waals surface area (Å²) in [6, 6.07) is 1.86. The maximum absolute atomic E-state index is 5.78. The van der Waals surface area contributed by atoms with Crippen molar-refractivity contribution >= 4 is 5.95 Å². The van der Waals surface area contributed by atoms with E-state index in [4.69, 9.17) is 10.5 Å². The quantitative estimate of drug-likeness (QED) is 0.873. The molecule has 1 aliphatic heterocycles. The summed E-state index contributed by atoms with van der Waals surface area (Å²) < 4.78 is 5.31. The Morgan fingerprint density at radius 3 is 3.24 bits per heavy atom. The Balaban J connectivity index is 1.83. The molecule has 7 heteroatoms. The van der Waals surface area contributed by atoms with Crippen LogP contribution < -0.4 is 15.4 Å². The monoisotopic (exact) mass is 288 g/mol. The lowest BCUT2D eigenvalue weighted by Crippen LogP contribution is -2.38. The molecule has 0 aliphatic carbocycles. The van der Waals surface area contributed by atoms with Crippen LogP contribution in [-0.4, -0.2) is 46.9 Å². The summed E-state index contributed by atoms with van der Waals surface area (Å²) in [5.41, 5.74) is 6.64. The molecule has 0 radical (unpaired) electrons. The van der Waals surface area contributed by atoms with Gasteiger partial charge >= 0.3 is 0 Å². The van der Waals surface area contributed by atoms with E-state index < -0.39 is 0 Å². The number of ether oxygens (including phenoxy) is 1. The standard InChI is InChI=1S/C14H20N6O/c1-21-12-8-16-5-4-11(12)13-17-14(19-18-13)20-6-2-3-10(7-15)9-20/h4-5,8,10H,2-3,6-7,9,15H2,1H3,(H,17,18,19). The summed E-state index contributed by atoms with van der Waals surface area (Å²) in [7, 11) is 1.62. The molecule has 0 spiro atoms. The van der Waals surface area contributed by atoms with E-state index in [1.54, 1.807) is 19.5 Å². The van der Waals surface area contributed by atoms with E-state index in [1.165, 1.54) is 6.42 Å². The van der Waals surface area contributed by atoms with E-state index in [9.17, 15) is 0 Å². The zero-order valence-electron chi connectivity index (χ0n) is 12.1. The van der Waals surface area contributed by atoms with Crippen LogP contribution in [0.2, 0.25) is 0 Å². The molecule has 3 heterocycles. The highest BCUT2D eigenvalue weighted by Gasteiger charge is 2.22. The smallest absolute Gasteiger partial charge is 0.245 e. The van der Waals surface area contributed by atoms with Crippen LogP contribution in [0.1, 0.15) is 12.8 Å². The van der Waals surface area contributed by atoms with Crippen molar-refractivity contribution < 1.29 is 4.74 Å². The summed E-state index contributed by atoms with van der Waals surface area (Å²) in [4.78, 5) is 10.8. The number of rotatable bonds is 4. The molecule has 112 valence electrons. The minimum Gasteiger partial charge on any atom is -0.494 e. The van der Waals surface area contributed by atoms with E-state index in [0.29, 0.717) is 24.0 Å². The number of aromatic amines is 1. The highest BCUT2D eigenvalue weighted by molar-refractivity contribution is 5.63. The van der Waals surface area contributed by atoms with Gasteiger partial charge in [0.05, 0.1) is 18.9 Å². The fourth-order valence-electron chi connectivity index (χ4n) is 2.69. The Labute approximate surface area is 123 Å². The summed E-state index contributed by atoms with van der Waals surface area (Å²) >= 11 is 0. The van der Waals surface area contributed by atoms with Crippen molar-refractivity contribution in [2.24, 2.45) is 11.7 Å². The maximum Gasteiger partial charge on any atom is 0.245 e. The Morgan fingerprint density at radius 1 is 1.52 bits per heavy atom. The SMILES string of the molecule is COc1cnccc1-c1nc(N2CCCC(CN)C2)n[nH]1. The number of anilines is 1. The normalized spacial score (nSPS) is 18.8. The number of H-pyrrole nitrogens is 1. The maximum atomic E-state index is 5.78. The zero-order chi connectivity index (χ0) is 14.7. The first kappa shape index (κ1) is 13.8. The van der Waals surface area contributed by atoms with Crippen molar-refractivity contribution in [3.05, 3.63) is 18.5 Å². The van der Waals surface area contributed by atoms with E-state index in [-0.39, 0.29) is 0 Å². The molecule has 1 aliphatic rings. The van der Waals surface area contributed by atoms with Crippen LogP contribution >= 0.6 is 0 Å². The number of hydrogen-bond donors (Lipinski definition) is 2. The van der Waals surface area contributed by atoms with Crippen LogP contribution in [0, 0.1) is 5.92 Å². The van der Waals surface area contributed by atoms with Gasteiger partial charge in [-0.15, -0.1) is 5.10 Å². The van der Waals surface area contributed by atoms with E-state index in [0.717, 1.165) is 31.0 Å². The Hall–Kier alpha value is -2.15. The molecule has 1 saturated heterocycles. The van der Waals surface area contributed by atoms with Gasteiger partial charge in [-0.3, -0.25) is 10.1 Å². The number of piperidine rings is 1. The molecule has 0 saturated carbocycles. The van der Waals surface area contributed by atoms with Gasteiger partial charge < -0.3 is 15.4 Å². The first-order valence-electron chi connectivity index (χ1n) is 7.17. The molecule has 1 unspecified atom stereocenters. The molecular weight excluding hydrogens is 268 g/mol. The van der Waals surface area contributed by atoms with Gasteiger partial charge in [0.1, 0.15) is 5.75 Å². The van der Waals surface area contributed by atoms with Gasteiger partial charge in [-0.05, 0) is 31.4 Å². The summed E-state index contributed by atoms with van der Waals surface area (Å²) in [6.45, 7) is 2.61. The predicted molar refractivity (Wildman–Crippen MR) is 80.2 cm³/mol. The number of methoxy groups -OCH3 is 1. The number of aromatic nitrogens is 4. The van der Waals surface area contributed by atoms with E-state index in [1.807, 2.05) is 6.07 Å². The van der Waals surface area contributed by atoms with Crippen LogP contribution in [0.5, 0.6) is 5.75 Å². The highest BCUT2D eigenvalue weighted by Crippen LogP contribution is 2.27. The van der Waals surface area contributed by atoms with E-state index >= 15 is 0 Å². The lowest BCUT2D eigenvalue weighted by Gasteiger charge is -2.31. The second kappa shape index (κ2) is 6.09. The fraction of sp³-hybridized carbons (Fsp3) is 0.500. The molecule has 2 aromatic rings. The largest absolute Gasteiger partial charge is 0.494 e. The molecule has 21 heavy (non-hydrogen) atoms. The van der Waals surface area contributed by atoms with Crippen LogP contribution in [0.4, 0.5) is 5.95 Å². The molecule has 3 rings (SSSR count). The number of pyridine rings is 1. The number of nitrogens with one attached hydrogen (secondary N) is 1. The fourth-order valence-corrected chi connectivity index (χ4v) is 2.69. The van der Waals surface area contributed by atoms with Crippen molar-refractivity contribution in [1.82, 2.24) is 20.2 Å². The summed E-state index contributed by atoms with van der Waals surface area (Å²) in [5.74, 6) is 2.62. The zero-order valence-corrected chi connectivity index (χ0v) is 12.1. The molecular formula is C14H20N6O. The number of nitrogens with two attached hydrogens (primary N) is 1. The van der Waals surface area contributed by atoms with Gasteiger partial charge in [0.25, 0.3) is 0 Å². The third-order valence-electron chi connectivity index (χ3n) is 3.87.